The number of rotatable bonds is 3. The van der Waals surface area contributed by atoms with Gasteiger partial charge in [-0.3, -0.25) is 4.79 Å². The number of benzene rings is 1. The summed E-state index contributed by atoms with van der Waals surface area (Å²) >= 11 is 1.49. The van der Waals surface area contributed by atoms with E-state index in [1.54, 1.807) is 12.1 Å². The van der Waals surface area contributed by atoms with E-state index in [1.807, 2.05) is 19.1 Å². The number of hydrogen-bond acceptors (Lipinski definition) is 5. The third-order valence-electron chi connectivity index (χ3n) is 1.82. The zero-order valence-corrected chi connectivity index (χ0v) is 8.91. The molecule has 0 aliphatic heterocycles. The Hall–Kier alpha value is -1.75. The van der Waals surface area contributed by atoms with E-state index >= 15 is 0 Å². The minimum Gasteiger partial charge on any atom is -0.330 e. The Morgan fingerprint density at radius 3 is 2.53 bits per heavy atom. The smallest absolute Gasteiger partial charge is 0.210 e. The molecule has 0 atom stereocenters. The van der Waals surface area contributed by atoms with Crippen molar-refractivity contribution >= 4 is 28.4 Å². The number of carbonyl (C=O) groups excluding carboxylic acids is 1. The second-order valence-electron chi connectivity index (χ2n) is 2.99. The molecular formula is C10H9N3OS. The van der Waals surface area contributed by atoms with Crippen LogP contribution in [0.25, 0.3) is 0 Å². The third-order valence-corrected chi connectivity index (χ3v) is 2.58. The van der Waals surface area contributed by atoms with E-state index in [1.165, 1.54) is 11.3 Å². The van der Waals surface area contributed by atoms with Crippen molar-refractivity contribution in [1.82, 2.24) is 10.2 Å². The van der Waals surface area contributed by atoms with Crippen molar-refractivity contribution in [3.8, 4) is 0 Å². The first-order chi connectivity index (χ1) is 7.28. The van der Waals surface area contributed by atoms with Gasteiger partial charge in [-0.05, 0) is 31.2 Å². The Morgan fingerprint density at radius 2 is 2.00 bits per heavy atom. The van der Waals surface area contributed by atoms with Crippen LogP contribution in [-0.2, 0) is 0 Å². The van der Waals surface area contributed by atoms with Gasteiger partial charge in [-0.1, -0.05) is 11.3 Å². The summed E-state index contributed by atoms with van der Waals surface area (Å²) in [6.07, 6.45) is 0.818. The molecule has 76 valence electrons. The molecule has 0 fully saturated rings. The maximum absolute atomic E-state index is 10.4. The molecule has 0 aliphatic carbocycles. The fourth-order valence-corrected chi connectivity index (χ4v) is 1.73. The van der Waals surface area contributed by atoms with Gasteiger partial charge >= 0.3 is 0 Å². The third kappa shape index (κ3) is 2.38. The van der Waals surface area contributed by atoms with Crippen LogP contribution in [-0.4, -0.2) is 16.5 Å². The summed E-state index contributed by atoms with van der Waals surface area (Å²) in [6, 6.07) is 7.17. The molecule has 0 spiro atoms. The fraction of sp³-hybridized carbons (Fsp3) is 0.100. The Kier molecular flexibility index (Phi) is 2.73. The van der Waals surface area contributed by atoms with Crippen LogP contribution in [0, 0.1) is 6.92 Å². The molecule has 0 bridgehead atoms. The lowest BCUT2D eigenvalue weighted by Gasteiger charge is -2.00. The Bertz CT molecular complexity index is 464. The first-order valence-corrected chi connectivity index (χ1v) is 5.22. The van der Waals surface area contributed by atoms with Gasteiger partial charge in [0.15, 0.2) is 0 Å². The lowest BCUT2D eigenvalue weighted by atomic mass is 10.2. The minimum absolute atomic E-state index is 0.661. The highest BCUT2D eigenvalue weighted by Crippen LogP contribution is 2.19. The molecule has 1 N–H and O–H groups in total. The SMILES string of the molecule is Cc1nnc(Nc2ccc(C=O)cc2)s1. The Labute approximate surface area is 91.0 Å². The molecule has 5 heteroatoms. The van der Waals surface area contributed by atoms with E-state index in [-0.39, 0.29) is 0 Å². The Morgan fingerprint density at radius 1 is 1.27 bits per heavy atom. The Balaban J connectivity index is 2.14. The molecule has 0 saturated carbocycles. The number of carbonyl (C=O) groups is 1. The second kappa shape index (κ2) is 4.18. The number of aryl methyl sites for hydroxylation is 1. The van der Waals surface area contributed by atoms with E-state index in [0.29, 0.717) is 5.56 Å². The van der Waals surface area contributed by atoms with Crippen molar-refractivity contribution in [2.45, 2.75) is 6.92 Å². The number of aldehydes is 1. The van der Waals surface area contributed by atoms with Crippen LogP contribution < -0.4 is 5.32 Å². The highest BCUT2D eigenvalue weighted by molar-refractivity contribution is 7.15. The zero-order chi connectivity index (χ0) is 10.7. The quantitative estimate of drug-likeness (QED) is 0.805. The molecule has 2 aromatic rings. The van der Waals surface area contributed by atoms with E-state index < -0.39 is 0 Å². The average molecular weight is 219 g/mol. The predicted molar refractivity (Wildman–Crippen MR) is 59.8 cm³/mol. The normalized spacial score (nSPS) is 9.93. The summed E-state index contributed by atoms with van der Waals surface area (Å²) < 4.78 is 0. The fourth-order valence-electron chi connectivity index (χ4n) is 1.12. The molecule has 0 radical (unpaired) electrons. The van der Waals surface area contributed by atoms with E-state index in [4.69, 9.17) is 0 Å². The molecule has 15 heavy (non-hydrogen) atoms. The van der Waals surface area contributed by atoms with Gasteiger partial charge in [0.2, 0.25) is 5.13 Å². The molecular weight excluding hydrogens is 210 g/mol. The van der Waals surface area contributed by atoms with Gasteiger partial charge in [0, 0.05) is 11.3 Å². The van der Waals surface area contributed by atoms with Gasteiger partial charge in [0.1, 0.15) is 11.3 Å². The van der Waals surface area contributed by atoms with Gasteiger partial charge in [-0.15, -0.1) is 10.2 Å². The topological polar surface area (TPSA) is 54.9 Å². The molecule has 1 aromatic carbocycles. The molecule has 0 unspecified atom stereocenters. The van der Waals surface area contributed by atoms with Gasteiger partial charge in [0.25, 0.3) is 0 Å². The summed E-state index contributed by atoms with van der Waals surface area (Å²) in [5.74, 6) is 0. The van der Waals surface area contributed by atoms with Gasteiger partial charge in [0.05, 0.1) is 0 Å². The molecule has 0 amide bonds. The highest BCUT2D eigenvalue weighted by atomic mass is 32.1. The van der Waals surface area contributed by atoms with Crippen molar-refractivity contribution < 1.29 is 4.79 Å². The van der Waals surface area contributed by atoms with Crippen LogP contribution >= 0.6 is 11.3 Å². The van der Waals surface area contributed by atoms with Crippen LogP contribution in [0.1, 0.15) is 15.4 Å². The summed E-state index contributed by atoms with van der Waals surface area (Å²) in [6.45, 7) is 1.90. The lowest BCUT2D eigenvalue weighted by Crippen LogP contribution is -1.89. The van der Waals surface area contributed by atoms with Crippen molar-refractivity contribution in [3.63, 3.8) is 0 Å². The van der Waals surface area contributed by atoms with E-state index in [2.05, 4.69) is 15.5 Å². The van der Waals surface area contributed by atoms with E-state index in [9.17, 15) is 4.79 Å². The molecule has 1 heterocycles. The van der Waals surface area contributed by atoms with E-state index in [0.717, 1.165) is 22.1 Å². The summed E-state index contributed by atoms with van der Waals surface area (Å²) in [5.41, 5.74) is 1.56. The molecule has 0 saturated heterocycles. The second-order valence-corrected chi connectivity index (χ2v) is 4.17. The van der Waals surface area contributed by atoms with Gasteiger partial charge in [-0.2, -0.15) is 0 Å². The van der Waals surface area contributed by atoms with Crippen molar-refractivity contribution in [2.75, 3.05) is 5.32 Å². The van der Waals surface area contributed by atoms with Gasteiger partial charge in [-0.25, -0.2) is 0 Å². The summed E-state index contributed by atoms with van der Waals surface area (Å²) in [4.78, 5) is 10.4. The lowest BCUT2D eigenvalue weighted by molar-refractivity contribution is 0.112. The standard InChI is InChI=1S/C10H9N3OS/c1-7-12-13-10(15-7)11-9-4-2-8(6-14)3-5-9/h2-6H,1H3,(H,11,13). The number of anilines is 2. The molecule has 0 aliphatic rings. The first-order valence-electron chi connectivity index (χ1n) is 4.40. The largest absolute Gasteiger partial charge is 0.330 e. The molecule has 1 aromatic heterocycles. The predicted octanol–water partition coefficient (Wildman–Crippen LogP) is 2.40. The van der Waals surface area contributed by atoms with Crippen LogP contribution in [0.4, 0.5) is 10.8 Å². The maximum Gasteiger partial charge on any atom is 0.210 e. The van der Waals surface area contributed by atoms with Crippen molar-refractivity contribution in [3.05, 3.63) is 34.8 Å². The van der Waals surface area contributed by atoms with Gasteiger partial charge < -0.3 is 5.32 Å². The number of nitrogens with one attached hydrogen (secondary N) is 1. The average Bonchev–Trinajstić information content (AvgIpc) is 2.65. The highest BCUT2D eigenvalue weighted by Gasteiger charge is 2.00. The maximum atomic E-state index is 10.4. The minimum atomic E-state index is 0.661. The first kappa shape index (κ1) is 9.79. The van der Waals surface area contributed by atoms with Crippen molar-refractivity contribution in [1.29, 1.82) is 0 Å². The van der Waals surface area contributed by atoms with Crippen LogP contribution in [0.15, 0.2) is 24.3 Å². The monoisotopic (exact) mass is 219 g/mol. The molecule has 2 rings (SSSR count). The van der Waals surface area contributed by atoms with Crippen LogP contribution in [0.2, 0.25) is 0 Å². The number of nitrogens with zero attached hydrogens (tertiary/aromatic N) is 2. The van der Waals surface area contributed by atoms with Crippen molar-refractivity contribution in [2.24, 2.45) is 0 Å². The molecule has 4 nitrogen and oxygen atoms in total. The summed E-state index contributed by atoms with van der Waals surface area (Å²) in [7, 11) is 0. The van der Waals surface area contributed by atoms with Crippen LogP contribution in [0.5, 0.6) is 0 Å². The number of aromatic nitrogens is 2. The van der Waals surface area contributed by atoms with Crippen LogP contribution in [0.3, 0.4) is 0 Å². The zero-order valence-electron chi connectivity index (χ0n) is 8.10. The number of hydrogen-bond donors (Lipinski definition) is 1. The summed E-state index contributed by atoms with van der Waals surface area (Å²) in [5, 5.41) is 12.6.